The van der Waals surface area contributed by atoms with Crippen LogP contribution in [0.15, 0.2) is 141 Å². The molecule has 0 bridgehead atoms. The zero-order chi connectivity index (χ0) is 64.4. The number of methoxy groups -OCH3 is 2. The first kappa shape index (κ1) is 80.0. The minimum atomic E-state index is -5.80. The Kier molecular flexibility index (Phi) is 30.8. The van der Waals surface area contributed by atoms with E-state index in [1.807, 2.05) is 57.2 Å². The third-order valence-corrected chi connectivity index (χ3v) is 13.2. The van der Waals surface area contributed by atoms with Crippen LogP contribution < -0.4 is 108 Å². The molecule has 0 spiro atoms. The predicted molar refractivity (Wildman–Crippen MR) is 322 cm³/mol. The van der Waals surface area contributed by atoms with Gasteiger partial charge in [0.05, 0.1) is 38.1 Å². The summed E-state index contributed by atoms with van der Waals surface area (Å²) < 4.78 is 135. The zero-order valence-electron chi connectivity index (χ0n) is 48.8. The van der Waals surface area contributed by atoms with Gasteiger partial charge in [0.1, 0.15) is 17.2 Å². The van der Waals surface area contributed by atoms with Gasteiger partial charge in [0.2, 0.25) is 20.0 Å². The van der Waals surface area contributed by atoms with Gasteiger partial charge >= 0.3 is 150 Å². The van der Waals surface area contributed by atoms with Crippen LogP contribution in [0.4, 0.5) is 18.9 Å². The molecule has 2 aromatic heterocycles. The molecule has 0 aliphatic heterocycles. The van der Waals surface area contributed by atoms with Gasteiger partial charge in [-0.05, 0) is 109 Å². The van der Waals surface area contributed by atoms with E-state index in [2.05, 4.69) is 49.5 Å². The number of primary sulfonamides is 1. The summed E-state index contributed by atoms with van der Waals surface area (Å²) in [5.41, 5.74) is -2.22. The first-order chi connectivity index (χ1) is 39.2. The maximum atomic E-state index is 12.7. The number of alkyl halides is 3. The van der Waals surface area contributed by atoms with Crippen LogP contribution in [0.1, 0.15) is 60.1 Å². The number of nitrogens with zero attached hydrogens (tertiary/aromatic N) is 2. The van der Waals surface area contributed by atoms with Gasteiger partial charge in [0, 0.05) is 52.5 Å². The van der Waals surface area contributed by atoms with Crippen LogP contribution in [0.3, 0.4) is 0 Å². The molecule has 6 aromatic carbocycles. The molecule has 5 N–H and O–H groups in total. The SMILES string of the molecule is C.COc1c(-c2ccc3cc(NS(C)(=O)=O)ccc3c2)cc(-n2ccc(=O)[nH]c2=O)cc1C(C)(C)C.COc1c(-c2ccc3cc(OS(=O)(=O)C(F)(F)F)ccc3c2)cc(-n2ccc(=O)[nH]c2=O)cc1C(C)(C)C.CS(N)(=O)=O.O=[P+]([O-])O[O-].[K+].[K][K]. The van der Waals surface area contributed by atoms with Crippen LogP contribution in [0.25, 0.3) is 55.2 Å². The van der Waals surface area contributed by atoms with Crippen LogP contribution in [-0.2, 0) is 50.2 Å². The number of nitrogens with one attached hydrogen (secondary N) is 3. The number of rotatable bonds is 11. The number of sulfonamides is 2. The average molecular weight is 1370 g/mol. The number of fused-ring (bicyclic) bond motifs is 2. The summed E-state index contributed by atoms with van der Waals surface area (Å²) in [5.74, 6) is 0.761. The van der Waals surface area contributed by atoms with Crippen LogP contribution in [0, 0.1) is 0 Å². The molecule has 33 heteroatoms. The van der Waals surface area contributed by atoms with Crippen molar-refractivity contribution >= 4 is 129 Å². The van der Waals surface area contributed by atoms with Gasteiger partial charge in [0.15, 0.2) is 0 Å². The minimum absolute atomic E-state index is 0. The topological polar surface area (TPSA) is 350 Å². The van der Waals surface area contributed by atoms with Crippen molar-refractivity contribution in [1.82, 2.24) is 19.1 Å². The molecule has 1 atom stereocenters. The first-order valence-electron chi connectivity index (χ1n) is 24.8. The van der Waals surface area contributed by atoms with Crippen molar-refractivity contribution in [3.05, 3.63) is 174 Å². The fourth-order valence-electron chi connectivity index (χ4n) is 8.04. The second kappa shape index (κ2) is 33.5. The molecule has 23 nitrogen and oxygen atoms in total. The van der Waals surface area contributed by atoms with Crippen molar-refractivity contribution in [1.29, 1.82) is 0 Å². The van der Waals surface area contributed by atoms with Crippen molar-refractivity contribution < 1.29 is 123 Å². The summed E-state index contributed by atoms with van der Waals surface area (Å²) in [6, 6.07) is 29.8. The van der Waals surface area contributed by atoms with E-state index in [0.717, 1.165) is 51.6 Å². The van der Waals surface area contributed by atoms with Crippen LogP contribution in [0.2, 0.25) is 0 Å². The Morgan fingerprint density at radius 1 is 0.609 bits per heavy atom. The number of ether oxygens (including phenoxy) is 2. The summed E-state index contributed by atoms with van der Waals surface area (Å²) in [4.78, 5) is 61.6. The Balaban J connectivity index is 0.000000492. The molecule has 0 saturated carbocycles. The van der Waals surface area contributed by atoms with Crippen molar-refractivity contribution in [3.63, 3.8) is 0 Å². The van der Waals surface area contributed by atoms with Crippen molar-refractivity contribution in [3.8, 4) is 50.9 Å². The molecule has 0 amide bonds. The van der Waals surface area contributed by atoms with Crippen LogP contribution >= 0.6 is 8.25 Å². The van der Waals surface area contributed by atoms with Crippen molar-refractivity contribution in [2.45, 2.75) is 65.3 Å². The number of anilines is 1. The molecule has 0 aliphatic carbocycles. The maximum absolute atomic E-state index is 12.7. The van der Waals surface area contributed by atoms with E-state index in [4.69, 9.17) is 24.2 Å². The third-order valence-electron chi connectivity index (χ3n) is 11.5. The van der Waals surface area contributed by atoms with Gasteiger partial charge in [-0.2, -0.15) is 21.6 Å². The van der Waals surface area contributed by atoms with Gasteiger partial charge in [-0.1, -0.05) is 85.4 Å². The molecule has 0 aliphatic rings. The Labute approximate surface area is 588 Å². The number of halogens is 3. The van der Waals surface area contributed by atoms with E-state index in [1.54, 1.807) is 49.6 Å². The van der Waals surface area contributed by atoms with Gasteiger partial charge < -0.3 is 23.8 Å². The number of benzene rings is 6. The number of hydrogen-bond acceptors (Lipinski definition) is 17. The van der Waals surface area contributed by atoms with Gasteiger partial charge in [-0.3, -0.25) is 33.4 Å². The zero-order valence-corrected chi connectivity index (χ0v) is 61.5. The molecule has 8 aromatic rings. The van der Waals surface area contributed by atoms with Gasteiger partial charge in [0.25, 0.3) is 11.1 Å². The van der Waals surface area contributed by atoms with Gasteiger partial charge in [-0.15, -0.1) is 0 Å². The molecule has 0 fully saturated rings. The summed E-state index contributed by atoms with van der Waals surface area (Å²) >= 11 is 2.50. The van der Waals surface area contributed by atoms with E-state index in [0.29, 0.717) is 50.5 Å². The molecule has 8 rings (SSSR count). The summed E-state index contributed by atoms with van der Waals surface area (Å²) in [6.07, 6.45) is 4.87. The quantitative estimate of drug-likeness (QED) is 0.0361. The fraction of sp³-hybridized carbons (Fsp3) is 0.259. The number of aromatic amines is 2. The van der Waals surface area contributed by atoms with E-state index in [1.165, 1.54) is 116 Å². The predicted octanol–water partition coefficient (Wildman–Crippen LogP) is 2.98. The van der Waals surface area contributed by atoms with Crippen LogP contribution in [0.5, 0.6) is 17.2 Å². The second-order valence-corrected chi connectivity index (χ2v) is 25.6. The number of aromatic nitrogens is 4. The van der Waals surface area contributed by atoms with E-state index >= 15 is 0 Å². The Bertz CT molecular complexity index is 4380. The monoisotopic (exact) mass is 1360 g/mol. The Morgan fingerprint density at radius 3 is 1.30 bits per heavy atom. The number of nitrogens with two attached hydrogens (primary N) is 1. The molecular formula is C54H59F3K3N6O17PS3. The fourth-order valence-corrected chi connectivity index (χ4v) is 9.04. The molecule has 454 valence electrons. The normalized spacial score (nSPS) is 11.7. The van der Waals surface area contributed by atoms with Crippen LogP contribution in [-0.4, -0.2) is 140 Å². The molecule has 87 heavy (non-hydrogen) atoms. The standard InChI is InChI=1S/C26H23F3N2O6S.C26H27N3O5S.CH5NO2S.CH4.3K.HO4P/c1-25(2,3)21-14-18(31-10-9-22(32)30-24(31)33)13-20(23(21)36-4)17-6-5-16-12-19(8-7-15(16)11-17)37-38(34,35)26(27,28)29;1-26(2,3)22-15-20(29-11-10-23(30)27-25(29)31)14-21(24(22)34-4)18-7-6-17-13-19(28-35(5,32)33)9-8-16(17)12-18;1-5(2,3)4;;;;;1-4-5(2)3/h5-14H,1-4H3,(H,30,32,33);6-15,28H,1-5H3,(H,27,30,31);1H3,(H2,2,3,4);1H4;;;;1H/q;;;;;;+1;/p-1. The summed E-state index contributed by atoms with van der Waals surface area (Å²) in [7, 11) is -12.4. The second-order valence-electron chi connectivity index (χ2n) is 20.1. The van der Waals surface area contributed by atoms with E-state index < -0.39 is 77.6 Å². The van der Waals surface area contributed by atoms with Crippen molar-refractivity contribution in [2.75, 3.05) is 31.5 Å². The molecular weight excluding hydrogens is 1310 g/mol. The molecule has 2 heterocycles. The van der Waals surface area contributed by atoms with E-state index in [-0.39, 0.29) is 64.2 Å². The average Bonchev–Trinajstić information content (AvgIpc) is 1.41. The third kappa shape index (κ3) is 23.5. The summed E-state index contributed by atoms with van der Waals surface area (Å²) in [6.45, 7) is 12.1. The van der Waals surface area contributed by atoms with Gasteiger partial charge in [-0.25, -0.2) is 36.2 Å². The van der Waals surface area contributed by atoms with E-state index in [9.17, 15) is 57.6 Å². The number of H-pyrrole nitrogens is 2. The Hall–Kier alpha value is -3.11. The molecule has 0 saturated heterocycles. The molecule has 0 radical (unpaired) electrons. The first-order valence-corrected chi connectivity index (χ1v) is 47.2. The Morgan fingerprint density at radius 2 is 0.966 bits per heavy atom. The molecule has 1 unspecified atom stereocenters. The number of hydrogen-bond donors (Lipinski definition) is 4. The summed E-state index contributed by atoms with van der Waals surface area (Å²) in [5, 5.41) is 15.7. The van der Waals surface area contributed by atoms with Crippen molar-refractivity contribution in [2.24, 2.45) is 5.14 Å².